The van der Waals surface area contributed by atoms with Crippen LogP contribution in [-0.4, -0.2) is 46.7 Å². The quantitative estimate of drug-likeness (QED) is 0.560. The fourth-order valence-electron chi connectivity index (χ4n) is 3.83. The van der Waals surface area contributed by atoms with E-state index in [1.807, 2.05) is 50.2 Å². The van der Waals surface area contributed by atoms with E-state index >= 15 is 0 Å². The Labute approximate surface area is 183 Å². The second kappa shape index (κ2) is 10.2. The molecule has 2 heterocycles. The molecule has 1 aromatic heterocycles. The largest absolute Gasteiger partial charge is 0.385 e. The maximum atomic E-state index is 12.4. The first-order valence-electron chi connectivity index (χ1n) is 10.7. The Kier molecular flexibility index (Phi) is 7.42. The summed E-state index contributed by atoms with van der Waals surface area (Å²) in [6, 6.07) is 12.9. The Morgan fingerprint density at radius 1 is 1.26 bits per heavy atom. The summed E-state index contributed by atoms with van der Waals surface area (Å²) in [6.45, 7) is 5.32. The van der Waals surface area contributed by atoms with Crippen LogP contribution in [0.3, 0.4) is 0 Å². The van der Waals surface area contributed by atoms with Crippen LogP contribution in [0.2, 0.25) is 0 Å². The van der Waals surface area contributed by atoms with Gasteiger partial charge in [-0.1, -0.05) is 44.2 Å². The lowest BCUT2D eigenvalue weighted by Crippen LogP contribution is -2.43. The van der Waals surface area contributed by atoms with Gasteiger partial charge in [0.1, 0.15) is 18.4 Å². The predicted octanol–water partition coefficient (Wildman–Crippen LogP) is 2.43. The highest BCUT2D eigenvalue weighted by molar-refractivity contribution is 5.84. The van der Waals surface area contributed by atoms with Gasteiger partial charge < -0.3 is 20.6 Å². The number of amides is 1. The van der Waals surface area contributed by atoms with Gasteiger partial charge in [0.15, 0.2) is 0 Å². The molecule has 8 heteroatoms. The number of nitrogens with one attached hydrogen (secondary N) is 2. The second-order valence-electron chi connectivity index (χ2n) is 8.33. The third-order valence-electron chi connectivity index (χ3n) is 5.51. The van der Waals surface area contributed by atoms with Crippen LogP contribution >= 0.6 is 0 Å². The Balaban J connectivity index is 1.67. The van der Waals surface area contributed by atoms with Crippen LogP contribution in [0.25, 0.3) is 0 Å². The lowest BCUT2D eigenvalue weighted by atomic mass is 9.84. The summed E-state index contributed by atoms with van der Waals surface area (Å²) in [7, 11) is 0. The van der Waals surface area contributed by atoms with Gasteiger partial charge in [-0.3, -0.25) is 4.79 Å². The van der Waals surface area contributed by atoms with Gasteiger partial charge in [0.05, 0.1) is 11.7 Å². The number of aromatic nitrogens is 2. The van der Waals surface area contributed by atoms with Gasteiger partial charge in [-0.25, -0.2) is 4.98 Å². The molecule has 1 fully saturated rings. The van der Waals surface area contributed by atoms with Crippen molar-refractivity contribution in [3.63, 3.8) is 0 Å². The first kappa shape index (κ1) is 22.5. The summed E-state index contributed by atoms with van der Waals surface area (Å²) < 4.78 is 0. The lowest BCUT2D eigenvalue weighted by molar-refractivity contribution is -0.121. The number of rotatable bonds is 8. The van der Waals surface area contributed by atoms with E-state index in [1.165, 1.54) is 0 Å². The van der Waals surface area contributed by atoms with Crippen molar-refractivity contribution in [3.8, 4) is 6.07 Å². The van der Waals surface area contributed by atoms with Gasteiger partial charge in [-0.2, -0.15) is 10.2 Å². The summed E-state index contributed by atoms with van der Waals surface area (Å²) >= 11 is 0. The molecule has 0 aliphatic carbocycles. The van der Waals surface area contributed by atoms with E-state index in [-0.39, 0.29) is 12.5 Å². The molecule has 8 nitrogen and oxygen atoms in total. The summed E-state index contributed by atoms with van der Waals surface area (Å²) in [5.74, 6) is 1.21. The van der Waals surface area contributed by atoms with Crippen LogP contribution in [0.4, 0.5) is 11.8 Å². The average Bonchev–Trinajstić information content (AvgIpc) is 2.78. The number of piperidine rings is 1. The number of nitriles is 1. The molecule has 164 valence electrons. The Morgan fingerprint density at radius 3 is 2.61 bits per heavy atom. The summed E-state index contributed by atoms with van der Waals surface area (Å²) in [5, 5.41) is 25.6. The van der Waals surface area contributed by atoms with Gasteiger partial charge in [-0.15, -0.1) is 0 Å². The van der Waals surface area contributed by atoms with E-state index < -0.39 is 11.6 Å². The molecule has 0 saturated carbocycles. The molecular formula is C23H30N6O2. The molecule has 1 amide bonds. The zero-order valence-corrected chi connectivity index (χ0v) is 18.1. The van der Waals surface area contributed by atoms with E-state index in [2.05, 4.69) is 25.5 Å². The summed E-state index contributed by atoms with van der Waals surface area (Å²) in [5.41, 5.74) is 0.0975. The number of hydrogen-bond acceptors (Lipinski definition) is 7. The number of anilines is 2. The molecule has 1 aromatic carbocycles. The van der Waals surface area contributed by atoms with E-state index in [9.17, 15) is 9.90 Å². The maximum Gasteiger partial charge on any atom is 0.243 e. The monoisotopic (exact) mass is 422 g/mol. The molecule has 1 saturated heterocycles. The van der Waals surface area contributed by atoms with Crippen molar-refractivity contribution in [1.82, 2.24) is 15.3 Å². The van der Waals surface area contributed by atoms with Crippen molar-refractivity contribution < 1.29 is 9.90 Å². The van der Waals surface area contributed by atoms with Crippen molar-refractivity contribution >= 4 is 17.7 Å². The van der Waals surface area contributed by atoms with Crippen molar-refractivity contribution in [2.45, 2.75) is 44.8 Å². The number of carbonyl (C=O) groups excluding carboxylic acids is 1. The standard InChI is InChI=1S/C23H30N6O2/c1-17(2)16-19(21(30)25-13-11-24)27-20-8-12-26-22(28-20)29-14-9-23(31,10-15-29)18-6-4-3-5-7-18/h3-8,12,17,19,31H,9-10,13-16H2,1-2H3,(H,25,30)(H,26,27,28)/t19-/m0/s1. The normalized spacial score (nSPS) is 16.4. The first-order valence-corrected chi connectivity index (χ1v) is 10.7. The summed E-state index contributed by atoms with van der Waals surface area (Å²) in [6.07, 6.45) is 3.46. The zero-order chi connectivity index (χ0) is 22.3. The molecule has 3 N–H and O–H groups in total. The minimum absolute atomic E-state index is 0.0256. The highest BCUT2D eigenvalue weighted by Crippen LogP contribution is 2.33. The minimum atomic E-state index is -0.838. The van der Waals surface area contributed by atoms with Crippen LogP contribution in [0.1, 0.15) is 38.7 Å². The minimum Gasteiger partial charge on any atom is -0.385 e. The van der Waals surface area contributed by atoms with Gasteiger partial charge in [-0.05, 0) is 36.8 Å². The van der Waals surface area contributed by atoms with Crippen molar-refractivity contribution in [3.05, 3.63) is 48.2 Å². The van der Waals surface area contributed by atoms with Gasteiger partial charge >= 0.3 is 0 Å². The van der Waals surface area contributed by atoms with E-state index in [4.69, 9.17) is 5.26 Å². The highest BCUT2D eigenvalue weighted by atomic mass is 16.3. The fraction of sp³-hybridized carbons (Fsp3) is 0.478. The molecule has 2 aromatic rings. The van der Waals surface area contributed by atoms with E-state index in [0.29, 0.717) is 50.0 Å². The van der Waals surface area contributed by atoms with Crippen molar-refractivity contribution in [2.75, 3.05) is 29.9 Å². The van der Waals surface area contributed by atoms with E-state index in [1.54, 1.807) is 12.3 Å². The Bertz CT molecular complexity index is 904. The molecule has 31 heavy (non-hydrogen) atoms. The molecule has 1 atom stereocenters. The Hall–Kier alpha value is -3.18. The third-order valence-corrected chi connectivity index (χ3v) is 5.51. The zero-order valence-electron chi connectivity index (χ0n) is 18.1. The maximum absolute atomic E-state index is 12.4. The van der Waals surface area contributed by atoms with E-state index in [0.717, 1.165) is 5.56 Å². The van der Waals surface area contributed by atoms with Gasteiger partial charge in [0, 0.05) is 19.3 Å². The van der Waals surface area contributed by atoms with Crippen LogP contribution in [0.5, 0.6) is 0 Å². The smallest absolute Gasteiger partial charge is 0.243 e. The van der Waals surface area contributed by atoms with Crippen molar-refractivity contribution in [1.29, 1.82) is 5.26 Å². The van der Waals surface area contributed by atoms with Crippen molar-refractivity contribution in [2.24, 2.45) is 5.92 Å². The number of benzene rings is 1. The highest BCUT2D eigenvalue weighted by Gasteiger charge is 2.34. The topological polar surface area (TPSA) is 114 Å². The van der Waals surface area contributed by atoms with Crippen LogP contribution in [0, 0.1) is 17.2 Å². The molecular weight excluding hydrogens is 392 g/mol. The van der Waals surface area contributed by atoms with Gasteiger partial charge in [0.2, 0.25) is 11.9 Å². The molecule has 0 unspecified atom stereocenters. The molecule has 0 bridgehead atoms. The Morgan fingerprint density at radius 2 is 1.97 bits per heavy atom. The number of hydrogen-bond donors (Lipinski definition) is 3. The first-order chi connectivity index (χ1) is 14.9. The molecule has 1 aliphatic heterocycles. The third kappa shape index (κ3) is 5.92. The van der Waals surface area contributed by atoms with Crippen LogP contribution in [0.15, 0.2) is 42.6 Å². The predicted molar refractivity (Wildman–Crippen MR) is 119 cm³/mol. The lowest BCUT2D eigenvalue weighted by Gasteiger charge is -2.38. The molecule has 3 rings (SSSR count). The number of nitrogens with zero attached hydrogens (tertiary/aromatic N) is 4. The summed E-state index contributed by atoms with van der Waals surface area (Å²) in [4.78, 5) is 23.5. The molecule has 1 aliphatic rings. The number of carbonyl (C=O) groups is 1. The van der Waals surface area contributed by atoms with Crippen LogP contribution < -0.4 is 15.5 Å². The molecule has 0 radical (unpaired) electrons. The fourth-order valence-corrected chi connectivity index (χ4v) is 3.83. The number of aliphatic hydroxyl groups is 1. The van der Waals surface area contributed by atoms with Gasteiger partial charge in [0.25, 0.3) is 0 Å². The SMILES string of the molecule is CC(C)C[C@H](Nc1ccnc(N2CCC(O)(c3ccccc3)CC2)n1)C(=O)NCC#N. The average molecular weight is 423 g/mol. The second-order valence-corrected chi connectivity index (χ2v) is 8.33. The van der Waals surface area contributed by atoms with Crippen LogP contribution in [-0.2, 0) is 10.4 Å². The molecule has 0 spiro atoms.